The number of ether oxygens (including phenoxy) is 2. The number of aryl methyl sites for hydroxylation is 1. The Bertz CT molecular complexity index is 663. The van der Waals surface area contributed by atoms with Crippen LogP contribution in [0.5, 0.6) is 5.75 Å². The molecular weight excluding hydrogens is 242 g/mol. The third-order valence-electron chi connectivity index (χ3n) is 1.90. The molecule has 4 heteroatoms. The highest BCUT2D eigenvalue weighted by Gasteiger charge is 2.05. The molecule has 0 saturated heterocycles. The third-order valence-corrected chi connectivity index (χ3v) is 1.90. The largest absolute Gasteiger partial charge is 0.491 e. The molecule has 1 atom stereocenters. The molecule has 1 aromatic rings. The van der Waals surface area contributed by atoms with E-state index in [1.807, 2.05) is 0 Å². The molecule has 2 N–H and O–H groups in total. The van der Waals surface area contributed by atoms with Gasteiger partial charge in [0.15, 0.2) is 0 Å². The van der Waals surface area contributed by atoms with Crippen LogP contribution in [0.3, 0.4) is 0 Å². The molecule has 0 spiro atoms. The molecule has 0 aliphatic heterocycles. The van der Waals surface area contributed by atoms with Crippen molar-refractivity contribution in [3.63, 3.8) is 0 Å². The van der Waals surface area contributed by atoms with Crippen molar-refractivity contribution in [2.45, 2.75) is 32.3 Å². The van der Waals surface area contributed by atoms with Crippen molar-refractivity contribution in [1.82, 2.24) is 5.32 Å². The molecule has 1 rings (SSSR count). The molecule has 4 nitrogen and oxygen atoms in total. The van der Waals surface area contributed by atoms with E-state index in [1.54, 1.807) is 13.8 Å². The van der Waals surface area contributed by atoms with Crippen molar-refractivity contribution >= 4 is 0 Å². The summed E-state index contributed by atoms with van der Waals surface area (Å²) in [6.45, 7) is -5.52. The summed E-state index contributed by atoms with van der Waals surface area (Å²) in [5.74, 6) is -0.214. The molecule has 108 valence electrons. The van der Waals surface area contributed by atoms with Crippen LogP contribution in [0.2, 0.25) is 0 Å². The number of aliphatic hydroxyl groups is 1. The molecule has 0 saturated carbocycles. The maximum Gasteiger partial charge on any atom is 0.119 e. The summed E-state index contributed by atoms with van der Waals surface area (Å²) in [6, 6.07) is 4.05. The van der Waals surface area contributed by atoms with E-state index < -0.39 is 38.1 Å². The Morgan fingerprint density at radius 3 is 2.63 bits per heavy atom. The fourth-order valence-electron chi connectivity index (χ4n) is 1.06. The minimum absolute atomic E-state index is 0.106. The van der Waals surface area contributed by atoms with E-state index in [0.717, 1.165) is 31.4 Å². The molecule has 0 aliphatic rings. The molecule has 1 aromatic carbocycles. The van der Waals surface area contributed by atoms with Gasteiger partial charge in [0.05, 0.1) is 13.4 Å². The van der Waals surface area contributed by atoms with Gasteiger partial charge in [-0.05, 0) is 24.1 Å². The predicted octanol–water partition coefficient (Wildman–Crippen LogP) is 1.61. The van der Waals surface area contributed by atoms with Crippen molar-refractivity contribution in [2.24, 2.45) is 0 Å². The summed E-state index contributed by atoms with van der Waals surface area (Å²) in [7, 11) is 1.03. The van der Waals surface area contributed by atoms with Crippen molar-refractivity contribution in [3.05, 3.63) is 29.8 Å². The Hall–Kier alpha value is -1.10. The molecule has 0 aromatic heterocycles. The fraction of sp³-hybridized carbons (Fsp3) is 0.600. The second-order valence-corrected chi connectivity index (χ2v) is 3.93. The third kappa shape index (κ3) is 7.15. The summed E-state index contributed by atoms with van der Waals surface area (Å²) < 4.78 is 79.6. The second-order valence-electron chi connectivity index (χ2n) is 3.93. The SMILES string of the molecule is [2H]C([2H])(NC(C)C)C([2H])(O)C([2H])([2H])Oc1ccc(C([2H])([2H])C([2H])([2H])OC)cc1. The summed E-state index contributed by atoms with van der Waals surface area (Å²) >= 11 is 0. The monoisotopic (exact) mass is 276 g/mol. The van der Waals surface area contributed by atoms with E-state index in [9.17, 15) is 5.11 Å². The molecule has 0 radical (unpaired) electrons. The van der Waals surface area contributed by atoms with Crippen LogP contribution in [0.25, 0.3) is 0 Å². The van der Waals surface area contributed by atoms with Gasteiger partial charge in [0, 0.05) is 25.1 Å². The first-order valence-corrected chi connectivity index (χ1v) is 5.76. The number of rotatable bonds is 9. The normalized spacial score (nSPS) is 24.4. The van der Waals surface area contributed by atoms with E-state index >= 15 is 0 Å². The highest BCUT2D eigenvalue weighted by atomic mass is 16.5. The number of methoxy groups -OCH3 is 1. The first-order chi connectivity index (χ1) is 12.4. The lowest BCUT2D eigenvalue weighted by atomic mass is 10.1. The summed E-state index contributed by atoms with van der Waals surface area (Å²) in [5, 5.41) is 12.5. The lowest BCUT2D eigenvalue weighted by Gasteiger charge is -2.15. The zero-order valence-electron chi connectivity index (χ0n) is 20.2. The highest BCUT2D eigenvalue weighted by Crippen LogP contribution is 2.12. The van der Waals surface area contributed by atoms with Crippen molar-refractivity contribution in [1.29, 1.82) is 0 Å². The first-order valence-electron chi connectivity index (χ1n) is 10.3. The number of benzene rings is 1. The van der Waals surface area contributed by atoms with Crippen LogP contribution in [0, 0.1) is 0 Å². The zero-order valence-corrected chi connectivity index (χ0v) is 11.2. The highest BCUT2D eigenvalue weighted by molar-refractivity contribution is 5.27. The van der Waals surface area contributed by atoms with Gasteiger partial charge in [0.25, 0.3) is 0 Å². The van der Waals surface area contributed by atoms with Crippen LogP contribution in [0.15, 0.2) is 24.3 Å². The van der Waals surface area contributed by atoms with Gasteiger partial charge < -0.3 is 19.9 Å². The van der Waals surface area contributed by atoms with Gasteiger partial charge in [-0.3, -0.25) is 0 Å². The molecule has 19 heavy (non-hydrogen) atoms. The number of hydrogen-bond donors (Lipinski definition) is 2. The average Bonchev–Trinajstić information content (AvgIpc) is 2.53. The van der Waals surface area contributed by atoms with Gasteiger partial charge in [-0.2, -0.15) is 0 Å². The van der Waals surface area contributed by atoms with Gasteiger partial charge >= 0.3 is 0 Å². The Kier molecular flexibility index (Phi) is 3.31. The van der Waals surface area contributed by atoms with Gasteiger partial charge in [-0.15, -0.1) is 0 Å². The minimum atomic E-state index is -3.33. The van der Waals surface area contributed by atoms with Crippen molar-refractivity contribution < 1.29 is 26.9 Å². The van der Waals surface area contributed by atoms with E-state index in [-0.39, 0.29) is 11.3 Å². The smallest absolute Gasteiger partial charge is 0.119 e. The van der Waals surface area contributed by atoms with Crippen LogP contribution in [-0.4, -0.2) is 44.0 Å². The maximum atomic E-state index is 10.2. The summed E-state index contributed by atoms with van der Waals surface area (Å²) in [6.07, 6.45) is -5.85. The lowest BCUT2D eigenvalue weighted by Crippen LogP contribution is -2.35. The Morgan fingerprint density at radius 2 is 2.05 bits per heavy atom. The fourth-order valence-corrected chi connectivity index (χ4v) is 1.06. The molecule has 0 aliphatic carbocycles. The first kappa shape index (κ1) is 7.07. The van der Waals surface area contributed by atoms with E-state index in [0.29, 0.717) is 0 Å². The molecule has 0 heterocycles. The van der Waals surface area contributed by atoms with E-state index in [2.05, 4.69) is 10.1 Å². The molecule has 1 unspecified atom stereocenters. The Labute approximate surface area is 128 Å². The summed E-state index contributed by atoms with van der Waals surface area (Å²) in [5.41, 5.74) is -0.106. The Balaban J connectivity index is 3.11. The minimum Gasteiger partial charge on any atom is -0.491 e. The van der Waals surface area contributed by atoms with Crippen LogP contribution >= 0.6 is 0 Å². The molecular formula is C15H25NO3. The van der Waals surface area contributed by atoms with Crippen LogP contribution < -0.4 is 10.1 Å². The van der Waals surface area contributed by atoms with Crippen molar-refractivity contribution in [2.75, 3.05) is 26.7 Å². The lowest BCUT2D eigenvalue weighted by molar-refractivity contribution is 0.104. The predicted molar refractivity (Wildman–Crippen MR) is 76.7 cm³/mol. The molecule has 0 amide bonds. The van der Waals surface area contributed by atoms with Crippen molar-refractivity contribution in [3.8, 4) is 5.75 Å². The zero-order chi connectivity index (χ0) is 22.2. The van der Waals surface area contributed by atoms with Gasteiger partial charge in [-0.25, -0.2) is 0 Å². The molecule has 0 fully saturated rings. The average molecular weight is 276 g/mol. The quantitative estimate of drug-likeness (QED) is 0.719. The van der Waals surface area contributed by atoms with Gasteiger partial charge in [-0.1, -0.05) is 26.0 Å². The van der Waals surface area contributed by atoms with E-state index in [4.69, 9.17) is 17.1 Å². The Morgan fingerprint density at radius 1 is 1.37 bits per heavy atom. The number of nitrogens with one attached hydrogen (secondary N) is 1. The van der Waals surface area contributed by atoms with Crippen LogP contribution in [0.4, 0.5) is 0 Å². The maximum absolute atomic E-state index is 10.2. The van der Waals surface area contributed by atoms with Crippen LogP contribution in [0.1, 0.15) is 31.7 Å². The van der Waals surface area contributed by atoms with E-state index in [1.165, 1.54) is 0 Å². The number of hydrogen-bond acceptors (Lipinski definition) is 4. The van der Waals surface area contributed by atoms with Gasteiger partial charge in [0.1, 0.15) is 18.4 Å². The van der Waals surface area contributed by atoms with Crippen LogP contribution in [-0.2, 0) is 11.1 Å². The second kappa shape index (κ2) is 8.91. The topological polar surface area (TPSA) is 50.7 Å². The standard InChI is InChI=1S/C15H25NO3/c1-12(2)16-10-14(17)11-19-15-6-4-13(5-7-15)8-9-18-3/h4-7,12,14,16-17H,8-11H2,1-3H3/i8D2,9D2,10D2,11D2,14D. The summed E-state index contributed by atoms with van der Waals surface area (Å²) in [4.78, 5) is 0. The van der Waals surface area contributed by atoms with Gasteiger partial charge in [0.2, 0.25) is 0 Å². The molecule has 0 bridgehead atoms.